The van der Waals surface area contributed by atoms with Crippen molar-refractivity contribution in [2.75, 3.05) is 12.8 Å². The molecule has 0 amide bonds. The van der Waals surface area contributed by atoms with Gasteiger partial charge in [0.2, 0.25) is 0 Å². The van der Waals surface area contributed by atoms with Crippen LogP contribution in [0.3, 0.4) is 0 Å². The Morgan fingerprint density at radius 3 is 2.33 bits per heavy atom. The van der Waals surface area contributed by atoms with Crippen LogP contribution in [-0.2, 0) is 14.4 Å². The van der Waals surface area contributed by atoms with Gasteiger partial charge < -0.3 is 10.4 Å². The topological polar surface area (TPSA) is 83.5 Å². The number of aliphatic carboxylic acids is 1. The summed E-state index contributed by atoms with van der Waals surface area (Å²) in [5.41, 5.74) is 0. The van der Waals surface area contributed by atoms with Gasteiger partial charge in [-0.3, -0.25) is 14.4 Å². The first-order valence-electron chi connectivity index (χ1n) is 5.96. The quantitative estimate of drug-likeness (QED) is 0.621. The highest BCUT2D eigenvalue weighted by atomic mass is 32.2. The Morgan fingerprint density at radius 2 is 1.94 bits per heavy atom. The molecule has 0 aliphatic heterocycles. The second-order valence-corrected chi connectivity index (χ2v) is 5.34. The Morgan fingerprint density at radius 1 is 1.33 bits per heavy atom. The van der Waals surface area contributed by atoms with Crippen molar-refractivity contribution >= 4 is 29.3 Å². The first-order valence-corrected chi connectivity index (χ1v) is 7.01. The monoisotopic (exact) mass is 275 g/mol. The van der Waals surface area contributed by atoms with Gasteiger partial charge in [-0.1, -0.05) is 6.92 Å². The molecule has 5 nitrogen and oxygen atoms in total. The van der Waals surface area contributed by atoms with Crippen molar-refractivity contribution in [3.05, 3.63) is 0 Å². The maximum absolute atomic E-state index is 11.5. The molecule has 0 aliphatic carbocycles. The summed E-state index contributed by atoms with van der Waals surface area (Å²) in [5, 5.41) is 11.1. The largest absolute Gasteiger partial charge is 0.480 e. The van der Waals surface area contributed by atoms with E-state index in [9.17, 15) is 14.4 Å². The number of likely N-dealkylation sites (N-methyl/N-ethyl adjacent to an activating group) is 1. The van der Waals surface area contributed by atoms with Gasteiger partial charge >= 0.3 is 5.97 Å². The number of nitrogens with one attached hydrogen (secondary N) is 1. The zero-order chi connectivity index (χ0) is 14.1. The highest BCUT2D eigenvalue weighted by Gasteiger charge is 2.22. The van der Waals surface area contributed by atoms with Crippen LogP contribution in [0.1, 0.15) is 33.1 Å². The zero-order valence-electron chi connectivity index (χ0n) is 11.1. The Bertz CT molecular complexity index is 306. The van der Waals surface area contributed by atoms with Crippen LogP contribution in [0.15, 0.2) is 0 Å². The van der Waals surface area contributed by atoms with E-state index in [1.807, 2.05) is 6.92 Å². The first-order chi connectivity index (χ1) is 8.42. The van der Waals surface area contributed by atoms with E-state index in [1.54, 1.807) is 7.05 Å². The van der Waals surface area contributed by atoms with E-state index in [-0.39, 0.29) is 23.7 Å². The third kappa shape index (κ3) is 6.76. The van der Waals surface area contributed by atoms with Gasteiger partial charge in [0.05, 0.1) is 5.25 Å². The molecule has 0 bridgehead atoms. The highest BCUT2D eigenvalue weighted by molar-refractivity contribution is 8.00. The lowest BCUT2D eigenvalue weighted by Gasteiger charge is -2.16. The van der Waals surface area contributed by atoms with Crippen LogP contribution < -0.4 is 5.32 Å². The van der Waals surface area contributed by atoms with E-state index in [1.165, 1.54) is 18.7 Å². The van der Waals surface area contributed by atoms with Gasteiger partial charge in [0.15, 0.2) is 0 Å². The normalized spacial score (nSPS) is 13.9. The minimum Gasteiger partial charge on any atom is -0.480 e. The van der Waals surface area contributed by atoms with Crippen LogP contribution in [-0.4, -0.2) is 46.7 Å². The molecule has 0 aromatic carbocycles. The summed E-state index contributed by atoms with van der Waals surface area (Å²) in [5.74, 6) is -0.700. The van der Waals surface area contributed by atoms with Gasteiger partial charge in [0.1, 0.15) is 17.6 Å². The summed E-state index contributed by atoms with van der Waals surface area (Å²) < 4.78 is 0. The molecule has 0 aromatic heterocycles. The molecule has 0 aromatic rings. The van der Waals surface area contributed by atoms with Crippen LogP contribution in [0.25, 0.3) is 0 Å². The molecular formula is C12H21NO4S. The Labute approximate surface area is 112 Å². The van der Waals surface area contributed by atoms with Gasteiger partial charge in [-0.25, -0.2) is 0 Å². The van der Waals surface area contributed by atoms with Crippen molar-refractivity contribution in [1.29, 1.82) is 0 Å². The maximum Gasteiger partial charge on any atom is 0.321 e. The molecule has 0 spiro atoms. The molecule has 0 heterocycles. The number of carboxylic acids is 1. The molecule has 18 heavy (non-hydrogen) atoms. The number of rotatable bonds is 10. The fourth-order valence-corrected chi connectivity index (χ4v) is 2.67. The number of hydrogen-bond acceptors (Lipinski definition) is 5. The van der Waals surface area contributed by atoms with E-state index in [0.717, 1.165) is 6.42 Å². The number of Topliss-reactive ketones (excluding diaryl/α,β-unsaturated/α-hetero) is 2. The molecule has 0 saturated carbocycles. The molecule has 2 atom stereocenters. The zero-order valence-corrected chi connectivity index (χ0v) is 11.9. The van der Waals surface area contributed by atoms with Gasteiger partial charge in [-0.05, 0) is 20.4 Å². The Hall–Kier alpha value is -0.880. The summed E-state index contributed by atoms with van der Waals surface area (Å²) in [6.07, 6.45) is 1.44. The van der Waals surface area contributed by atoms with Crippen molar-refractivity contribution < 1.29 is 19.5 Å². The van der Waals surface area contributed by atoms with E-state index in [2.05, 4.69) is 5.32 Å². The second-order valence-electron chi connectivity index (χ2n) is 4.10. The SMILES string of the molecule is CCCC(=O)CC(SCC(NC)C(=O)O)C(C)=O. The van der Waals surface area contributed by atoms with Crippen molar-refractivity contribution in [1.82, 2.24) is 5.32 Å². The number of carbonyl (C=O) groups is 3. The lowest BCUT2D eigenvalue weighted by Crippen LogP contribution is -2.37. The van der Waals surface area contributed by atoms with Crippen molar-refractivity contribution in [2.45, 2.75) is 44.4 Å². The van der Waals surface area contributed by atoms with Gasteiger partial charge in [-0.15, -0.1) is 11.8 Å². The first kappa shape index (κ1) is 17.1. The van der Waals surface area contributed by atoms with Crippen LogP contribution in [0.4, 0.5) is 0 Å². The van der Waals surface area contributed by atoms with E-state index >= 15 is 0 Å². The third-order valence-electron chi connectivity index (χ3n) is 2.51. The van der Waals surface area contributed by atoms with Crippen LogP contribution in [0, 0.1) is 0 Å². The lowest BCUT2D eigenvalue weighted by molar-refractivity contribution is -0.138. The number of ketones is 2. The van der Waals surface area contributed by atoms with Crippen molar-refractivity contribution in [3.8, 4) is 0 Å². The summed E-state index contributed by atoms with van der Waals surface area (Å²) in [6, 6.07) is -0.696. The second kappa shape index (κ2) is 9.10. The third-order valence-corrected chi connectivity index (χ3v) is 3.93. The molecule has 0 rings (SSSR count). The van der Waals surface area contributed by atoms with E-state index in [4.69, 9.17) is 5.11 Å². The molecule has 0 saturated heterocycles. The van der Waals surface area contributed by atoms with E-state index < -0.39 is 17.3 Å². The smallest absolute Gasteiger partial charge is 0.321 e. The number of hydrogen-bond donors (Lipinski definition) is 2. The highest BCUT2D eigenvalue weighted by Crippen LogP contribution is 2.18. The summed E-state index contributed by atoms with van der Waals surface area (Å²) >= 11 is 1.23. The molecule has 2 N–H and O–H groups in total. The molecule has 0 aliphatic rings. The van der Waals surface area contributed by atoms with Crippen LogP contribution in [0.5, 0.6) is 0 Å². The molecule has 104 valence electrons. The predicted octanol–water partition coefficient (Wildman–Crippen LogP) is 1.11. The molecular weight excluding hydrogens is 254 g/mol. The number of carbonyl (C=O) groups excluding carboxylic acids is 2. The molecule has 6 heteroatoms. The molecule has 2 unspecified atom stereocenters. The minimum atomic E-state index is -0.952. The minimum absolute atomic E-state index is 0.0570. The maximum atomic E-state index is 11.5. The average molecular weight is 275 g/mol. The predicted molar refractivity (Wildman–Crippen MR) is 71.9 cm³/mol. The number of thioether (sulfide) groups is 1. The van der Waals surface area contributed by atoms with Crippen LogP contribution >= 0.6 is 11.8 Å². The molecule has 0 fully saturated rings. The summed E-state index contributed by atoms with van der Waals surface area (Å²) in [7, 11) is 1.56. The standard InChI is InChI=1S/C12H21NO4S/c1-4-5-9(15)6-11(8(2)14)18-7-10(13-3)12(16)17/h10-11,13H,4-7H2,1-3H3,(H,16,17). The summed E-state index contributed by atoms with van der Waals surface area (Å²) in [4.78, 5) is 33.7. The van der Waals surface area contributed by atoms with Gasteiger partial charge in [-0.2, -0.15) is 0 Å². The van der Waals surface area contributed by atoms with Gasteiger partial charge in [0, 0.05) is 18.6 Å². The lowest BCUT2D eigenvalue weighted by atomic mass is 10.1. The van der Waals surface area contributed by atoms with Crippen molar-refractivity contribution in [2.24, 2.45) is 0 Å². The van der Waals surface area contributed by atoms with Crippen molar-refractivity contribution in [3.63, 3.8) is 0 Å². The molecule has 0 radical (unpaired) electrons. The fourth-order valence-electron chi connectivity index (χ4n) is 1.40. The summed E-state index contributed by atoms with van der Waals surface area (Å²) in [6.45, 7) is 3.35. The van der Waals surface area contributed by atoms with E-state index in [0.29, 0.717) is 6.42 Å². The van der Waals surface area contributed by atoms with Gasteiger partial charge in [0.25, 0.3) is 0 Å². The Kier molecular flexibility index (Phi) is 8.66. The fraction of sp³-hybridized carbons (Fsp3) is 0.750. The van der Waals surface area contributed by atoms with Crippen LogP contribution in [0.2, 0.25) is 0 Å². The average Bonchev–Trinajstić information content (AvgIpc) is 2.27. The Balaban J connectivity index is 4.32. The number of carboxylic acid groups (broad SMARTS) is 1.